The molecule has 0 saturated carbocycles. The molecule has 2 aromatic carbocycles. The fourth-order valence-corrected chi connectivity index (χ4v) is 3.96. The third kappa shape index (κ3) is 4.53. The van der Waals surface area contributed by atoms with Crippen molar-refractivity contribution in [3.05, 3.63) is 65.2 Å². The van der Waals surface area contributed by atoms with Crippen LogP contribution in [0.15, 0.2) is 42.5 Å². The summed E-state index contributed by atoms with van der Waals surface area (Å²) in [5.41, 5.74) is 1.36. The molecule has 7 nitrogen and oxygen atoms in total. The van der Waals surface area contributed by atoms with Crippen LogP contribution in [0.1, 0.15) is 11.1 Å². The van der Waals surface area contributed by atoms with Crippen LogP contribution >= 0.6 is 0 Å². The van der Waals surface area contributed by atoms with E-state index < -0.39 is 17.7 Å². The lowest BCUT2D eigenvalue weighted by atomic mass is 9.94. The first-order chi connectivity index (χ1) is 16.4. The van der Waals surface area contributed by atoms with Crippen LogP contribution < -0.4 is 15.0 Å². The molecule has 0 spiro atoms. The quantitative estimate of drug-likeness (QED) is 0.615. The van der Waals surface area contributed by atoms with Crippen LogP contribution in [0.5, 0.6) is 5.75 Å². The number of hydrogen-bond donors (Lipinski definition) is 2. The molecule has 1 aliphatic heterocycles. The first-order valence-electron chi connectivity index (χ1n) is 10.6. The van der Waals surface area contributed by atoms with E-state index in [0.717, 1.165) is 0 Å². The minimum Gasteiger partial charge on any atom is -0.494 e. The highest BCUT2D eigenvalue weighted by Crippen LogP contribution is 2.38. The normalized spacial score (nSPS) is 15.8. The van der Waals surface area contributed by atoms with Crippen LogP contribution in [-0.4, -0.2) is 49.5 Å². The molecule has 0 aliphatic carbocycles. The Bertz CT molecular complexity index is 1320. The third-order valence-electron chi connectivity index (χ3n) is 5.62. The maximum atomic E-state index is 14.6. The van der Waals surface area contributed by atoms with Gasteiger partial charge in [0.05, 0.1) is 36.1 Å². The van der Waals surface area contributed by atoms with Crippen molar-refractivity contribution >= 4 is 5.82 Å². The summed E-state index contributed by atoms with van der Waals surface area (Å²) in [7, 11) is 1.35. The van der Waals surface area contributed by atoms with Crippen molar-refractivity contribution in [1.82, 2.24) is 10.3 Å². The Labute approximate surface area is 195 Å². The predicted molar refractivity (Wildman–Crippen MR) is 122 cm³/mol. The van der Waals surface area contributed by atoms with Crippen LogP contribution in [0.4, 0.5) is 14.6 Å². The monoisotopic (exact) mass is 461 g/mol. The molecule has 1 atom stereocenters. The van der Waals surface area contributed by atoms with E-state index in [4.69, 9.17) is 15.0 Å². The summed E-state index contributed by atoms with van der Waals surface area (Å²) in [6.45, 7) is 1.86. The lowest BCUT2D eigenvalue weighted by Gasteiger charge is -2.25. The van der Waals surface area contributed by atoms with E-state index in [-0.39, 0.29) is 22.6 Å². The van der Waals surface area contributed by atoms with Crippen molar-refractivity contribution in [2.24, 2.45) is 0 Å². The third-order valence-corrected chi connectivity index (χ3v) is 5.62. The molecule has 34 heavy (non-hydrogen) atoms. The summed E-state index contributed by atoms with van der Waals surface area (Å²) in [5.74, 6) is -0.876. The Balaban J connectivity index is 1.96. The van der Waals surface area contributed by atoms with Gasteiger partial charge >= 0.3 is 0 Å². The fourth-order valence-electron chi connectivity index (χ4n) is 3.96. The van der Waals surface area contributed by atoms with Crippen molar-refractivity contribution < 1.29 is 18.6 Å². The van der Waals surface area contributed by atoms with Gasteiger partial charge in [0.25, 0.3) is 0 Å². The summed E-state index contributed by atoms with van der Waals surface area (Å²) in [5, 5.41) is 32.4. The summed E-state index contributed by atoms with van der Waals surface area (Å²) >= 11 is 0. The smallest absolute Gasteiger partial charge is 0.165 e. The van der Waals surface area contributed by atoms with Crippen LogP contribution in [0.3, 0.4) is 0 Å². The van der Waals surface area contributed by atoms with Gasteiger partial charge in [-0.2, -0.15) is 10.5 Å². The van der Waals surface area contributed by atoms with E-state index in [1.165, 1.54) is 37.4 Å². The van der Waals surface area contributed by atoms with Crippen LogP contribution in [-0.2, 0) is 0 Å². The summed E-state index contributed by atoms with van der Waals surface area (Å²) in [6.07, 6.45) is -0.638. The lowest BCUT2D eigenvalue weighted by Crippen LogP contribution is -2.33. The molecule has 1 unspecified atom stereocenters. The van der Waals surface area contributed by atoms with E-state index in [1.54, 1.807) is 18.2 Å². The van der Waals surface area contributed by atoms with Gasteiger partial charge in [0, 0.05) is 37.3 Å². The average molecular weight is 461 g/mol. The minimum atomic E-state index is -0.730. The summed E-state index contributed by atoms with van der Waals surface area (Å²) in [6, 6.07) is 13.8. The largest absolute Gasteiger partial charge is 0.494 e. The highest BCUT2D eigenvalue weighted by molar-refractivity contribution is 5.87. The molecule has 0 bridgehead atoms. The second kappa shape index (κ2) is 9.84. The maximum Gasteiger partial charge on any atom is 0.165 e. The zero-order valence-electron chi connectivity index (χ0n) is 18.3. The molecule has 1 aromatic heterocycles. The number of hydrogen-bond acceptors (Lipinski definition) is 7. The van der Waals surface area contributed by atoms with Gasteiger partial charge in [0.15, 0.2) is 11.6 Å². The molecule has 2 heterocycles. The molecule has 172 valence electrons. The number of nitrogens with one attached hydrogen (secondary N) is 1. The van der Waals surface area contributed by atoms with Gasteiger partial charge in [0.1, 0.15) is 17.7 Å². The van der Waals surface area contributed by atoms with Gasteiger partial charge < -0.3 is 20.1 Å². The molecule has 3 aromatic rings. The Hall–Kier alpha value is -4.05. The summed E-state index contributed by atoms with van der Waals surface area (Å²) in [4.78, 5) is 6.57. The van der Waals surface area contributed by atoms with E-state index in [2.05, 4.69) is 11.4 Å². The van der Waals surface area contributed by atoms with Gasteiger partial charge in [-0.05, 0) is 35.9 Å². The number of methoxy groups -OCH3 is 1. The first kappa shape index (κ1) is 23.1. The van der Waals surface area contributed by atoms with Gasteiger partial charge in [-0.1, -0.05) is 12.1 Å². The number of aromatic nitrogens is 1. The number of halogens is 2. The van der Waals surface area contributed by atoms with E-state index in [1.807, 2.05) is 4.90 Å². The molecule has 2 N–H and O–H groups in total. The van der Waals surface area contributed by atoms with E-state index in [9.17, 15) is 19.1 Å². The molecule has 1 fully saturated rings. The lowest BCUT2D eigenvalue weighted by molar-refractivity contribution is 0.184. The molecule has 4 rings (SSSR count). The van der Waals surface area contributed by atoms with Crippen molar-refractivity contribution in [3.8, 4) is 40.3 Å². The number of nitrogens with zero attached hydrogens (tertiary/aromatic N) is 4. The highest BCUT2D eigenvalue weighted by atomic mass is 19.1. The fraction of sp³-hybridized carbons (Fsp3) is 0.240. The highest BCUT2D eigenvalue weighted by Gasteiger charge is 2.23. The predicted octanol–water partition coefficient (Wildman–Crippen LogP) is 3.22. The van der Waals surface area contributed by atoms with Crippen LogP contribution in [0.2, 0.25) is 0 Å². The molecular weight excluding hydrogens is 440 g/mol. The first-order valence-corrected chi connectivity index (χ1v) is 10.6. The van der Waals surface area contributed by atoms with Gasteiger partial charge in [-0.15, -0.1) is 0 Å². The molecule has 0 amide bonds. The van der Waals surface area contributed by atoms with Crippen LogP contribution in [0, 0.1) is 34.3 Å². The number of pyridine rings is 1. The van der Waals surface area contributed by atoms with Gasteiger partial charge in [-0.3, -0.25) is 0 Å². The molecule has 0 radical (unpaired) electrons. The van der Waals surface area contributed by atoms with E-state index >= 15 is 0 Å². The van der Waals surface area contributed by atoms with Crippen molar-refractivity contribution in [3.63, 3.8) is 0 Å². The number of nitriles is 2. The number of ether oxygens (including phenoxy) is 1. The standard InChI is InChI=1S/C25H21F2N5O2/c1-34-22-5-4-15(8-21(22)27)24-18(12-29)10-23(32-7-6-30-13-19(33)14-32)31-25(24)16-2-3-17(11-28)20(26)9-16/h2-5,8-10,19,30,33H,6-7,13-14H2,1H3. The van der Waals surface area contributed by atoms with Gasteiger partial charge in [0.2, 0.25) is 0 Å². The molecular formula is C25H21F2N5O2. The second-order valence-corrected chi connectivity index (χ2v) is 7.82. The van der Waals surface area contributed by atoms with Crippen molar-refractivity contribution in [2.45, 2.75) is 6.10 Å². The Morgan fingerprint density at radius 3 is 2.47 bits per heavy atom. The molecule has 1 saturated heterocycles. The van der Waals surface area contributed by atoms with E-state index in [0.29, 0.717) is 48.7 Å². The minimum absolute atomic E-state index is 0.0452. The number of rotatable bonds is 4. The maximum absolute atomic E-state index is 14.6. The van der Waals surface area contributed by atoms with Crippen molar-refractivity contribution in [2.75, 3.05) is 38.2 Å². The number of aliphatic hydroxyl groups is 1. The average Bonchev–Trinajstić information content (AvgIpc) is 3.07. The number of β-amino-alcohol motifs (C(OH)–C–C–N with tert-alkyl or cyclic N) is 1. The van der Waals surface area contributed by atoms with Gasteiger partial charge in [-0.25, -0.2) is 13.8 Å². The molecule has 9 heteroatoms. The Kier molecular flexibility index (Phi) is 6.69. The Morgan fingerprint density at radius 2 is 1.79 bits per heavy atom. The van der Waals surface area contributed by atoms with Crippen LogP contribution in [0.25, 0.3) is 22.4 Å². The zero-order chi connectivity index (χ0) is 24.2. The number of anilines is 1. The SMILES string of the molecule is COc1ccc(-c2c(C#N)cc(N3CCNCC(O)C3)nc2-c2ccc(C#N)c(F)c2)cc1F. The number of aliphatic hydroxyl groups excluding tert-OH is 1. The topological polar surface area (TPSA) is 105 Å². The molecule has 1 aliphatic rings. The summed E-state index contributed by atoms with van der Waals surface area (Å²) < 4.78 is 34.1. The second-order valence-electron chi connectivity index (χ2n) is 7.82. The number of benzene rings is 2. The van der Waals surface area contributed by atoms with Crippen molar-refractivity contribution in [1.29, 1.82) is 10.5 Å². The zero-order valence-corrected chi connectivity index (χ0v) is 18.3. The Morgan fingerprint density at radius 1 is 1.06 bits per heavy atom.